The predicted molar refractivity (Wildman–Crippen MR) is 93.5 cm³/mol. The van der Waals surface area contributed by atoms with Gasteiger partial charge in [0.05, 0.1) is 19.8 Å². The summed E-state index contributed by atoms with van der Waals surface area (Å²) < 4.78 is 0. The summed E-state index contributed by atoms with van der Waals surface area (Å²) in [4.78, 5) is 29.3. The molecule has 12 N–H and O–H groups in total. The number of rotatable bonds is 12. The monoisotopic (exact) mass is 450 g/mol. The Hall–Kier alpha value is -1.47. The summed E-state index contributed by atoms with van der Waals surface area (Å²) >= 11 is 0. The zero-order valence-electron chi connectivity index (χ0n) is 15.6. The van der Waals surface area contributed by atoms with Crippen LogP contribution < -0.4 is 0 Å². The van der Waals surface area contributed by atoms with E-state index in [0.29, 0.717) is 0 Å². The first kappa shape index (κ1) is 33.2. The highest BCUT2D eigenvalue weighted by atomic mass is 16.4. The van der Waals surface area contributed by atoms with Gasteiger partial charge in [0.1, 0.15) is 54.9 Å². The van der Waals surface area contributed by atoms with Crippen molar-refractivity contribution in [1.29, 1.82) is 0 Å². The first-order valence-corrected chi connectivity index (χ1v) is 8.20. The van der Waals surface area contributed by atoms with Gasteiger partial charge in [-0.15, -0.1) is 0 Å². The number of hydrogen-bond donors (Lipinski definition) is 12. The van der Waals surface area contributed by atoms with Crippen molar-refractivity contribution >= 4 is 18.9 Å². The van der Waals surface area contributed by atoms with Crippen LogP contribution in [0.15, 0.2) is 0 Å². The molecule has 0 aromatic rings. The lowest BCUT2D eigenvalue weighted by atomic mass is 10.1. The molecule has 0 saturated carbocycles. The van der Waals surface area contributed by atoms with E-state index >= 15 is 0 Å². The number of aldehydes is 3. The minimum atomic E-state index is -1.64. The van der Waals surface area contributed by atoms with Crippen LogP contribution in [0.25, 0.3) is 0 Å². The van der Waals surface area contributed by atoms with Crippen molar-refractivity contribution < 1.29 is 75.7 Å². The summed E-state index contributed by atoms with van der Waals surface area (Å²) in [7, 11) is 0. The van der Waals surface area contributed by atoms with E-state index in [1.807, 2.05) is 0 Å². The molecule has 0 aliphatic carbocycles. The van der Waals surface area contributed by atoms with E-state index in [1.54, 1.807) is 0 Å². The van der Waals surface area contributed by atoms with E-state index in [2.05, 4.69) is 0 Å². The fraction of sp³-hybridized carbons (Fsp3) is 0.800. The second-order valence-corrected chi connectivity index (χ2v) is 5.60. The summed E-state index contributed by atoms with van der Waals surface area (Å²) in [5, 5.41) is 102. The Morgan fingerprint density at radius 2 is 0.600 bits per heavy atom. The topological polar surface area (TPSA) is 294 Å². The highest BCUT2D eigenvalue weighted by molar-refractivity contribution is 5.57. The first-order valence-electron chi connectivity index (χ1n) is 8.20. The van der Waals surface area contributed by atoms with Gasteiger partial charge >= 0.3 is 0 Å². The number of carbonyl (C=O) groups excluding carboxylic acids is 3. The highest BCUT2D eigenvalue weighted by Crippen LogP contribution is 1.97. The third kappa shape index (κ3) is 14.5. The van der Waals surface area contributed by atoms with E-state index in [9.17, 15) is 14.4 Å². The van der Waals surface area contributed by atoms with Crippen LogP contribution in [0.2, 0.25) is 0 Å². The van der Waals surface area contributed by atoms with Crippen molar-refractivity contribution in [3.8, 4) is 0 Å². The molecule has 0 heterocycles. The van der Waals surface area contributed by atoms with Crippen LogP contribution >= 0.6 is 0 Å². The van der Waals surface area contributed by atoms with Gasteiger partial charge in [-0.2, -0.15) is 0 Å². The molecule has 180 valence electrons. The maximum Gasteiger partial charge on any atom is 0.151 e. The van der Waals surface area contributed by atoms with Gasteiger partial charge in [-0.1, -0.05) is 0 Å². The number of hydrogen-bond acceptors (Lipinski definition) is 15. The van der Waals surface area contributed by atoms with E-state index in [0.717, 1.165) is 0 Å². The van der Waals surface area contributed by atoms with Gasteiger partial charge in [-0.3, -0.25) is 0 Å². The molecular weight excluding hydrogens is 420 g/mol. The second kappa shape index (κ2) is 19.5. The van der Waals surface area contributed by atoms with Crippen LogP contribution in [-0.2, 0) is 14.4 Å². The molecule has 0 bridgehead atoms. The molecule has 15 heteroatoms. The minimum absolute atomic E-state index is 0.0869. The van der Waals surface area contributed by atoms with Gasteiger partial charge in [0.25, 0.3) is 0 Å². The lowest BCUT2D eigenvalue weighted by Gasteiger charge is -2.16. The van der Waals surface area contributed by atoms with Crippen LogP contribution in [0.5, 0.6) is 0 Å². The molecule has 30 heavy (non-hydrogen) atoms. The number of aliphatic hydroxyl groups excluding tert-OH is 12. The zero-order chi connectivity index (χ0) is 24.4. The Balaban J connectivity index is -0.000000364. The molecule has 0 rings (SSSR count). The molecule has 15 nitrogen and oxygen atoms in total. The Labute approximate surface area is 170 Å². The molecule has 0 radical (unpaired) electrons. The average molecular weight is 450 g/mol. The number of aliphatic hydroxyl groups is 12. The van der Waals surface area contributed by atoms with Crippen molar-refractivity contribution in [1.82, 2.24) is 0 Å². The molecular formula is C15H30O15. The van der Waals surface area contributed by atoms with Crippen molar-refractivity contribution in [2.75, 3.05) is 19.8 Å². The molecule has 0 aliphatic rings. The van der Waals surface area contributed by atoms with Crippen molar-refractivity contribution in [3.63, 3.8) is 0 Å². The molecule has 0 aliphatic heterocycles. The van der Waals surface area contributed by atoms with Gasteiger partial charge in [0, 0.05) is 0 Å². The molecule has 0 fully saturated rings. The standard InChI is InChI=1S/3C5H10O5/c3*6-1-3(8)5(10)4(9)2-7/h3*1,3-5,7-10H,2H2. The van der Waals surface area contributed by atoms with E-state index in [4.69, 9.17) is 61.3 Å². The normalized spacial score (nSPS) is 19.6. The molecule has 0 amide bonds. The van der Waals surface area contributed by atoms with Crippen LogP contribution in [0, 0.1) is 0 Å². The Morgan fingerprint density at radius 3 is 0.700 bits per heavy atom. The quantitative estimate of drug-likeness (QED) is 0.123. The largest absolute Gasteiger partial charge is 0.394 e. The average Bonchev–Trinajstić information content (AvgIpc) is 2.79. The van der Waals surface area contributed by atoms with E-state index in [1.165, 1.54) is 0 Å². The van der Waals surface area contributed by atoms with E-state index < -0.39 is 74.8 Å². The van der Waals surface area contributed by atoms with Crippen molar-refractivity contribution in [3.05, 3.63) is 0 Å². The third-order valence-corrected chi connectivity index (χ3v) is 3.21. The Morgan fingerprint density at radius 1 is 0.433 bits per heavy atom. The van der Waals surface area contributed by atoms with Crippen LogP contribution in [-0.4, -0.2) is 155 Å². The van der Waals surface area contributed by atoms with Crippen LogP contribution in [0.4, 0.5) is 0 Å². The maximum atomic E-state index is 9.76. The van der Waals surface area contributed by atoms with Crippen LogP contribution in [0.3, 0.4) is 0 Å². The summed E-state index contributed by atoms with van der Waals surface area (Å²) in [6.45, 7) is -2.07. The highest BCUT2D eigenvalue weighted by Gasteiger charge is 2.24. The third-order valence-electron chi connectivity index (χ3n) is 3.21. The summed E-state index contributed by atoms with van der Waals surface area (Å²) in [5.41, 5.74) is 0. The van der Waals surface area contributed by atoms with Gasteiger partial charge < -0.3 is 75.7 Å². The van der Waals surface area contributed by atoms with Gasteiger partial charge in [0.2, 0.25) is 0 Å². The fourth-order valence-electron chi connectivity index (χ4n) is 1.25. The first-order chi connectivity index (χ1) is 13.9. The zero-order valence-corrected chi connectivity index (χ0v) is 15.6. The molecule has 9 atom stereocenters. The molecule has 0 saturated heterocycles. The minimum Gasteiger partial charge on any atom is -0.394 e. The molecule has 0 spiro atoms. The van der Waals surface area contributed by atoms with Crippen LogP contribution in [0.1, 0.15) is 0 Å². The molecule has 0 aromatic carbocycles. The van der Waals surface area contributed by atoms with Crippen molar-refractivity contribution in [2.24, 2.45) is 0 Å². The summed E-state index contributed by atoms with van der Waals surface area (Å²) in [6.07, 6.45) is -13.9. The smallest absolute Gasteiger partial charge is 0.151 e. The van der Waals surface area contributed by atoms with Gasteiger partial charge in [-0.25, -0.2) is 0 Å². The SMILES string of the molecule is O=CC(O)C(O)C(O)CO.O=CC(O)C(O)C(O)CO.O=CC(O)C(O)C(O)CO. The number of carbonyl (C=O) groups is 3. The summed E-state index contributed by atoms with van der Waals surface area (Å²) in [6, 6.07) is 0. The summed E-state index contributed by atoms with van der Waals surface area (Å²) in [5.74, 6) is 0. The Bertz CT molecular complexity index is 374. The van der Waals surface area contributed by atoms with E-state index in [-0.39, 0.29) is 18.9 Å². The second-order valence-electron chi connectivity index (χ2n) is 5.60. The molecule has 0 aromatic heterocycles. The maximum absolute atomic E-state index is 9.76. The predicted octanol–water partition coefficient (Wildman–Crippen LogP) is -8.22. The Kier molecular flexibility index (Phi) is 21.6. The van der Waals surface area contributed by atoms with Gasteiger partial charge in [0.15, 0.2) is 18.9 Å². The van der Waals surface area contributed by atoms with Crippen molar-refractivity contribution in [2.45, 2.75) is 54.9 Å². The lowest BCUT2D eigenvalue weighted by Crippen LogP contribution is -2.40. The lowest BCUT2D eigenvalue weighted by molar-refractivity contribution is -0.128. The molecule has 9 unspecified atom stereocenters. The fourth-order valence-corrected chi connectivity index (χ4v) is 1.25. The van der Waals surface area contributed by atoms with Gasteiger partial charge in [-0.05, 0) is 0 Å².